The Kier molecular flexibility index (Phi) is 5.82. The van der Waals surface area contributed by atoms with Gasteiger partial charge in [0.1, 0.15) is 11.6 Å². The first kappa shape index (κ1) is 19.4. The molecule has 0 fully saturated rings. The molecule has 0 N–H and O–H groups in total. The summed E-state index contributed by atoms with van der Waals surface area (Å²) in [5, 5.41) is 9.72. The van der Waals surface area contributed by atoms with E-state index in [-0.39, 0.29) is 5.04 Å². The Morgan fingerprint density at radius 2 is 1.80 bits per heavy atom. The van der Waals surface area contributed by atoms with E-state index >= 15 is 0 Å². The smallest absolute Gasteiger partial charge is 0.243 e. The van der Waals surface area contributed by atoms with Crippen molar-refractivity contribution >= 4 is 8.32 Å². The van der Waals surface area contributed by atoms with Crippen molar-refractivity contribution in [1.82, 2.24) is 0 Å². The summed E-state index contributed by atoms with van der Waals surface area (Å²) in [5.74, 6) is 0.564. The van der Waals surface area contributed by atoms with Gasteiger partial charge in [-0.2, -0.15) is 9.83 Å². The normalized spacial score (nSPS) is 12.2. The Hall–Kier alpha value is -1.96. The van der Waals surface area contributed by atoms with E-state index in [0.717, 1.165) is 11.1 Å². The van der Waals surface area contributed by atoms with Crippen LogP contribution in [0.2, 0.25) is 18.1 Å². The van der Waals surface area contributed by atoms with Crippen molar-refractivity contribution < 1.29 is 8.99 Å². The van der Waals surface area contributed by atoms with E-state index in [4.69, 9.17) is 4.43 Å². The van der Waals surface area contributed by atoms with Gasteiger partial charge in [0.25, 0.3) is 0 Å². The number of nitriles is 1. The molecule has 0 unspecified atom stereocenters. The van der Waals surface area contributed by atoms with E-state index < -0.39 is 8.32 Å². The van der Waals surface area contributed by atoms with Crippen LogP contribution in [-0.4, -0.2) is 8.32 Å². The standard InChI is InChI=1S/C21H29N2OSi/c1-17(2)21(3,4)25(5,6)24-16-23-13-12-20(19(14-22)15-23)18-10-8-7-9-11-18/h7-13,15,17H,16H2,1-6H3/q+1. The molecule has 0 amide bonds. The van der Waals surface area contributed by atoms with E-state index in [1.54, 1.807) is 0 Å². The van der Waals surface area contributed by atoms with E-state index in [2.05, 4.69) is 46.9 Å². The van der Waals surface area contributed by atoms with Crippen LogP contribution in [0.25, 0.3) is 11.1 Å². The van der Waals surface area contributed by atoms with Crippen molar-refractivity contribution in [2.75, 3.05) is 0 Å². The fourth-order valence-electron chi connectivity index (χ4n) is 2.69. The summed E-state index contributed by atoms with van der Waals surface area (Å²) in [4.78, 5) is 0. The van der Waals surface area contributed by atoms with Gasteiger partial charge in [0.2, 0.25) is 15.0 Å². The molecule has 2 rings (SSSR count). The van der Waals surface area contributed by atoms with Crippen molar-refractivity contribution in [3.63, 3.8) is 0 Å². The predicted molar refractivity (Wildman–Crippen MR) is 104 cm³/mol. The highest BCUT2D eigenvalue weighted by Crippen LogP contribution is 2.44. The summed E-state index contributed by atoms with van der Waals surface area (Å²) >= 11 is 0. The van der Waals surface area contributed by atoms with Gasteiger partial charge in [-0.1, -0.05) is 58.0 Å². The fourth-order valence-corrected chi connectivity index (χ4v) is 4.93. The van der Waals surface area contributed by atoms with Gasteiger partial charge in [0.05, 0.1) is 0 Å². The van der Waals surface area contributed by atoms with Crippen molar-refractivity contribution in [3.8, 4) is 17.2 Å². The van der Waals surface area contributed by atoms with Crippen LogP contribution < -0.4 is 4.57 Å². The molecule has 0 aliphatic carbocycles. The van der Waals surface area contributed by atoms with E-state index in [1.807, 2.05) is 53.4 Å². The lowest BCUT2D eigenvalue weighted by molar-refractivity contribution is -0.726. The van der Waals surface area contributed by atoms with Crippen LogP contribution in [-0.2, 0) is 11.2 Å². The van der Waals surface area contributed by atoms with Crippen LogP contribution in [0.3, 0.4) is 0 Å². The second-order valence-corrected chi connectivity index (χ2v) is 12.5. The molecule has 0 radical (unpaired) electrons. The van der Waals surface area contributed by atoms with Gasteiger partial charge in [-0.15, -0.1) is 0 Å². The molecular weight excluding hydrogens is 324 g/mol. The van der Waals surface area contributed by atoms with Gasteiger partial charge in [-0.25, -0.2) is 0 Å². The first-order valence-electron chi connectivity index (χ1n) is 8.81. The number of aromatic nitrogens is 1. The third kappa shape index (κ3) is 4.17. The van der Waals surface area contributed by atoms with E-state index in [9.17, 15) is 5.26 Å². The van der Waals surface area contributed by atoms with Gasteiger partial charge in [0, 0.05) is 11.6 Å². The van der Waals surface area contributed by atoms with Gasteiger partial charge in [-0.3, -0.25) is 0 Å². The second kappa shape index (κ2) is 7.51. The Morgan fingerprint density at radius 1 is 1.16 bits per heavy atom. The number of benzene rings is 1. The zero-order chi connectivity index (χ0) is 18.7. The summed E-state index contributed by atoms with van der Waals surface area (Å²) in [6, 6.07) is 14.3. The highest BCUT2D eigenvalue weighted by Gasteiger charge is 2.44. The monoisotopic (exact) mass is 353 g/mol. The van der Waals surface area contributed by atoms with E-state index in [0.29, 0.717) is 18.2 Å². The van der Waals surface area contributed by atoms with Crippen LogP contribution in [0.5, 0.6) is 0 Å². The lowest BCUT2D eigenvalue weighted by Crippen LogP contribution is -2.49. The first-order valence-corrected chi connectivity index (χ1v) is 11.7. The first-order chi connectivity index (χ1) is 11.7. The third-order valence-corrected chi connectivity index (χ3v) is 10.3. The molecular formula is C21H29N2OSi+. The van der Waals surface area contributed by atoms with Crippen molar-refractivity contribution in [1.29, 1.82) is 5.26 Å². The fraction of sp³-hybridized carbons (Fsp3) is 0.429. The van der Waals surface area contributed by atoms with Gasteiger partial charge >= 0.3 is 0 Å². The average molecular weight is 354 g/mol. The molecule has 0 bridgehead atoms. The van der Waals surface area contributed by atoms with Crippen LogP contribution in [0.15, 0.2) is 48.8 Å². The van der Waals surface area contributed by atoms with Crippen LogP contribution >= 0.6 is 0 Å². The molecule has 0 spiro atoms. The Bertz CT molecular complexity index is 761. The van der Waals surface area contributed by atoms with Gasteiger partial charge in [-0.05, 0) is 29.6 Å². The number of pyridine rings is 1. The second-order valence-electron chi connectivity index (χ2n) is 7.92. The molecule has 0 saturated heterocycles. The number of nitrogens with zero attached hydrogens (tertiary/aromatic N) is 2. The molecule has 3 nitrogen and oxygen atoms in total. The highest BCUT2D eigenvalue weighted by molar-refractivity contribution is 6.74. The minimum Gasteiger partial charge on any atom is -0.365 e. The Morgan fingerprint density at radius 3 is 2.36 bits per heavy atom. The summed E-state index contributed by atoms with van der Waals surface area (Å²) in [6.07, 6.45) is 3.88. The number of hydrogen-bond acceptors (Lipinski definition) is 2. The van der Waals surface area contributed by atoms with Crippen LogP contribution in [0.4, 0.5) is 0 Å². The molecule has 1 aromatic carbocycles. The van der Waals surface area contributed by atoms with Gasteiger partial charge in [0.15, 0.2) is 12.4 Å². The quantitative estimate of drug-likeness (QED) is 0.533. The zero-order valence-corrected chi connectivity index (χ0v) is 17.2. The molecule has 2 aromatic rings. The molecule has 25 heavy (non-hydrogen) atoms. The van der Waals surface area contributed by atoms with Crippen molar-refractivity contribution in [2.24, 2.45) is 5.92 Å². The molecule has 0 aliphatic heterocycles. The van der Waals surface area contributed by atoms with Crippen LogP contribution in [0, 0.1) is 17.2 Å². The third-order valence-electron chi connectivity index (χ3n) is 5.79. The SMILES string of the molecule is CC(C)C(C)(C)[Si](C)(C)OC[n+]1ccc(-c2ccccc2)c(C#N)c1. The maximum atomic E-state index is 9.54. The molecule has 0 aliphatic rings. The van der Waals surface area contributed by atoms with Crippen molar-refractivity contribution in [2.45, 2.75) is 52.6 Å². The van der Waals surface area contributed by atoms with Gasteiger partial charge < -0.3 is 4.43 Å². The summed E-state index contributed by atoms with van der Waals surface area (Å²) in [6.45, 7) is 14.1. The van der Waals surface area contributed by atoms with E-state index in [1.165, 1.54) is 0 Å². The van der Waals surface area contributed by atoms with Crippen molar-refractivity contribution in [3.05, 3.63) is 54.4 Å². The molecule has 0 saturated carbocycles. The van der Waals surface area contributed by atoms with Crippen LogP contribution in [0.1, 0.15) is 33.3 Å². The Labute approximate surface area is 153 Å². The predicted octanol–water partition coefficient (Wildman–Crippen LogP) is 5.13. The minimum absolute atomic E-state index is 0.176. The molecule has 1 heterocycles. The lowest BCUT2D eigenvalue weighted by Gasteiger charge is -2.41. The molecule has 0 atom stereocenters. The Balaban J connectivity index is 2.21. The number of rotatable bonds is 6. The highest BCUT2D eigenvalue weighted by atomic mass is 28.4. The minimum atomic E-state index is -1.89. The topological polar surface area (TPSA) is 36.9 Å². The zero-order valence-electron chi connectivity index (χ0n) is 16.2. The molecule has 4 heteroatoms. The summed E-state index contributed by atoms with van der Waals surface area (Å²) in [5.41, 5.74) is 2.68. The summed E-state index contributed by atoms with van der Waals surface area (Å²) < 4.78 is 8.35. The number of hydrogen-bond donors (Lipinski definition) is 0. The molecule has 1 aromatic heterocycles. The molecule has 132 valence electrons. The average Bonchev–Trinajstić information content (AvgIpc) is 2.60. The largest absolute Gasteiger partial charge is 0.365 e. The summed E-state index contributed by atoms with van der Waals surface area (Å²) in [7, 11) is -1.89. The maximum absolute atomic E-state index is 9.54. The maximum Gasteiger partial charge on any atom is 0.243 e. The lowest BCUT2D eigenvalue weighted by atomic mass is 9.99.